The van der Waals surface area contributed by atoms with Gasteiger partial charge in [-0.2, -0.15) is 21.0 Å². The Hall–Kier alpha value is -0.110. The van der Waals surface area contributed by atoms with Crippen molar-refractivity contribution >= 4 is 31.6 Å². The maximum Gasteiger partial charge on any atom is 0.305 e. The van der Waals surface area contributed by atoms with Crippen LogP contribution in [0.5, 0.6) is 0 Å². The fourth-order valence-corrected chi connectivity index (χ4v) is 4.42. The summed E-state index contributed by atoms with van der Waals surface area (Å²) in [5, 5.41) is 0. The molecule has 0 aromatic heterocycles. The average molecular weight is 322 g/mol. The van der Waals surface area contributed by atoms with E-state index >= 15 is 0 Å². The Balaban J connectivity index is 1.80. The van der Waals surface area contributed by atoms with Gasteiger partial charge in [0.15, 0.2) is 0 Å². The highest BCUT2D eigenvalue weighted by Gasteiger charge is 2.35. The van der Waals surface area contributed by atoms with Crippen LogP contribution in [0.2, 0.25) is 0 Å². The second-order valence-corrected chi connectivity index (χ2v) is 7.82. The standard InChI is InChI=1S/C6H10O9S3/c7-16(14-5-1-12-17(8,9)3-5)15-6-2-13-18(10,11)4-6/h5-6H,1-4H2. The van der Waals surface area contributed by atoms with Gasteiger partial charge in [-0.3, -0.25) is 16.7 Å². The van der Waals surface area contributed by atoms with Gasteiger partial charge in [0.25, 0.3) is 20.2 Å². The summed E-state index contributed by atoms with van der Waals surface area (Å²) in [6.07, 6.45) is -1.79. The highest BCUT2D eigenvalue weighted by Crippen LogP contribution is 2.16. The van der Waals surface area contributed by atoms with Crippen LogP contribution in [0.1, 0.15) is 0 Å². The van der Waals surface area contributed by atoms with Crippen molar-refractivity contribution in [1.29, 1.82) is 0 Å². The molecule has 0 radical (unpaired) electrons. The molecule has 2 aliphatic rings. The zero-order chi connectivity index (χ0) is 13.4. The van der Waals surface area contributed by atoms with Crippen LogP contribution in [0.4, 0.5) is 0 Å². The van der Waals surface area contributed by atoms with Crippen LogP contribution >= 0.6 is 0 Å². The van der Waals surface area contributed by atoms with E-state index in [9.17, 15) is 21.0 Å². The van der Waals surface area contributed by atoms with Gasteiger partial charge in [0, 0.05) is 0 Å². The van der Waals surface area contributed by atoms with Gasteiger partial charge in [-0.25, -0.2) is 0 Å². The van der Waals surface area contributed by atoms with Crippen LogP contribution in [0.3, 0.4) is 0 Å². The summed E-state index contributed by atoms with van der Waals surface area (Å²) >= 11 is -2.25. The fraction of sp³-hybridized carbons (Fsp3) is 1.00. The van der Waals surface area contributed by atoms with E-state index in [2.05, 4.69) is 8.37 Å². The van der Waals surface area contributed by atoms with Crippen LogP contribution in [0, 0.1) is 0 Å². The summed E-state index contributed by atoms with van der Waals surface area (Å²) in [7, 11) is -7.24. The fourth-order valence-electron chi connectivity index (χ4n) is 1.36. The summed E-state index contributed by atoms with van der Waals surface area (Å²) in [4.78, 5) is 0. The van der Waals surface area contributed by atoms with Crippen LogP contribution in [0.15, 0.2) is 0 Å². The molecular formula is C6H10O9S3. The molecular weight excluding hydrogens is 312 g/mol. The molecule has 2 rings (SSSR count). The minimum Gasteiger partial charge on any atom is -0.267 e. The molecule has 2 fully saturated rings. The van der Waals surface area contributed by atoms with Gasteiger partial charge in [-0.15, -0.1) is 0 Å². The van der Waals surface area contributed by atoms with Crippen molar-refractivity contribution in [1.82, 2.24) is 0 Å². The average Bonchev–Trinajstić information content (AvgIpc) is 2.69. The summed E-state index contributed by atoms with van der Waals surface area (Å²) in [6.45, 7) is -0.478. The Morgan fingerprint density at radius 1 is 0.889 bits per heavy atom. The summed E-state index contributed by atoms with van der Waals surface area (Å²) in [6, 6.07) is 0. The molecule has 0 spiro atoms. The third-order valence-corrected chi connectivity index (χ3v) is 5.49. The van der Waals surface area contributed by atoms with Crippen LogP contribution < -0.4 is 0 Å². The minimum absolute atomic E-state index is 0.239. The van der Waals surface area contributed by atoms with E-state index in [-0.39, 0.29) is 13.2 Å². The maximum atomic E-state index is 11.3. The molecule has 2 heterocycles. The molecule has 2 aliphatic heterocycles. The molecule has 0 saturated carbocycles. The molecule has 18 heavy (non-hydrogen) atoms. The van der Waals surface area contributed by atoms with Crippen molar-refractivity contribution in [3.8, 4) is 0 Å². The number of hydrogen-bond donors (Lipinski definition) is 0. The first-order chi connectivity index (χ1) is 8.26. The molecule has 106 valence electrons. The van der Waals surface area contributed by atoms with Crippen molar-refractivity contribution in [2.75, 3.05) is 24.7 Å². The lowest BCUT2D eigenvalue weighted by molar-refractivity contribution is 0.134. The SMILES string of the molecule is O=S(OC1COS(=O)(=O)C1)OC1COS(=O)(=O)C1. The van der Waals surface area contributed by atoms with Gasteiger partial charge < -0.3 is 0 Å². The van der Waals surface area contributed by atoms with E-state index in [1.807, 2.05) is 0 Å². The van der Waals surface area contributed by atoms with Crippen molar-refractivity contribution in [2.45, 2.75) is 12.2 Å². The summed E-state index contributed by atoms with van der Waals surface area (Å²) in [5.41, 5.74) is 0. The van der Waals surface area contributed by atoms with Crippen LogP contribution in [-0.2, 0) is 48.3 Å². The van der Waals surface area contributed by atoms with E-state index in [1.165, 1.54) is 0 Å². The predicted octanol–water partition coefficient (Wildman–Crippen LogP) is -1.94. The van der Waals surface area contributed by atoms with Gasteiger partial charge in [-0.1, -0.05) is 0 Å². The lowest BCUT2D eigenvalue weighted by atomic mass is 10.5. The summed E-state index contributed by atoms with van der Waals surface area (Å²) in [5.74, 6) is -0.830. The van der Waals surface area contributed by atoms with Gasteiger partial charge in [-0.05, 0) is 0 Å². The molecule has 0 bridgehead atoms. The Kier molecular flexibility index (Phi) is 4.06. The van der Waals surface area contributed by atoms with Gasteiger partial charge in [0.2, 0.25) is 0 Å². The minimum atomic E-state index is -3.62. The molecule has 0 amide bonds. The molecule has 2 atom stereocenters. The second kappa shape index (κ2) is 5.11. The predicted molar refractivity (Wildman–Crippen MR) is 57.4 cm³/mol. The quantitative estimate of drug-likeness (QED) is 0.544. The largest absolute Gasteiger partial charge is 0.305 e. The molecule has 0 aliphatic carbocycles. The first kappa shape index (κ1) is 14.3. The Labute approximate surface area is 106 Å². The highest BCUT2D eigenvalue weighted by atomic mass is 32.2. The van der Waals surface area contributed by atoms with E-state index < -0.39 is 55.3 Å². The molecule has 0 N–H and O–H groups in total. The zero-order valence-electron chi connectivity index (χ0n) is 8.88. The molecule has 2 unspecified atom stereocenters. The van der Waals surface area contributed by atoms with Crippen molar-refractivity contribution in [3.05, 3.63) is 0 Å². The zero-order valence-corrected chi connectivity index (χ0v) is 11.3. The molecule has 9 nitrogen and oxygen atoms in total. The van der Waals surface area contributed by atoms with E-state index in [0.717, 1.165) is 0 Å². The number of hydrogen-bond acceptors (Lipinski definition) is 9. The van der Waals surface area contributed by atoms with E-state index in [4.69, 9.17) is 8.37 Å². The van der Waals surface area contributed by atoms with Gasteiger partial charge >= 0.3 is 11.4 Å². The monoisotopic (exact) mass is 322 g/mol. The Morgan fingerprint density at radius 3 is 1.56 bits per heavy atom. The third-order valence-electron chi connectivity index (χ3n) is 2.08. The first-order valence-corrected chi connectivity index (χ1v) is 8.91. The van der Waals surface area contributed by atoms with Gasteiger partial charge in [0.05, 0.1) is 13.2 Å². The first-order valence-electron chi connectivity index (χ1n) is 4.76. The van der Waals surface area contributed by atoms with Crippen molar-refractivity contribution in [2.24, 2.45) is 0 Å². The molecule has 0 aromatic carbocycles. The lowest BCUT2D eigenvalue weighted by Gasteiger charge is -2.09. The van der Waals surface area contributed by atoms with Crippen molar-refractivity contribution < 1.29 is 37.8 Å². The third kappa shape index (κ3) is 3.94. The Bertz CT molecular complexity index is 487. The smallest absolute Gasteiger partial charge is 0.267 e. The van der Waals surface area contributed by atoms with Crippen LogP contribution in [0.25, 0.3) is 0 Å². The summed E-state index contributed by atoms with van der Waals surface area (Å²) < 4.78 is 73.3. The molecule has 2 saturated heterocycles. The Morgan fingerprint density at radius 2 is 1.28 bits per heavy atom. The van der Waals surface area contributed by atoms with E-state index in [1.54, 1.807) is 0 Å². The normalized spacial score (nSPS) is 35.6. The second-order valence-electron chi connectivity index (χ2n) is 3.66. The van der Waals surface area contributed by atoms with Gasteiger partial charge in [0.1, 0.15) is 23.7 Å². The molecule has 12 heteroatoms. The van der Waals surface area contributed by atoms with Crippen molar-refractivity contribution in [3.63, 3.8) is 0 Å². The maximum absolute atomic E-state index is 11.3. The topological polar surface area (TPSA) is 122 Å². The van der Waals surface area contributed by atoms with Crippen LogP contribution in [-0.4, -0.2) is 58.0 Å². The highest BCUT2D eigenvalue weighted by molar-refractivity contribution is 7.87. The lowest BCUT2D eigenvalue weighted by Crippen LogP contribution is -2.24. The van der Waals surface area contributed by atoms with E-state index in [0.29, 0.717) is 0 Å². The molecule has 0 aromatic rings. The number of rotatable bonds is 4.